The molecule has 0 saturated carbocycles. The minimum Gasteiger partial charge on any atom is -0.406 e. The second kappa shape index (κ2) is 10.7. The number of alkyl halides is 3. The van der Waals surface area contributed by atoms with Crippen LogP contribution >= 0.6 is 0 Å². The molecule has 0 spiro atoms. The van der Waals surface area contributed by atoms with E-state index in [0.717, 1.165) is 11.3 Å². The van der Waals surface area contributed by atoms with Crippen LogP contribution in [0.2, 0.25) is 0 Å². The molecule has 5 rings (SSSR count). The zero-order chi connectivity index (χ0) is 28.6. The molecule has 1 fully saturated rings. The number of piperazine rings is 1. The van der Waals surface area contributed by atoms with Crippen LogP contribution in [0.15, 0.2) is 60.8 Å². The number of rotatable bonds is 6. The smallest absolute Gasteiger partial charge is 0.406 e. The third kappa shape index (κ3) is 5.83. The fraction of sp³-hybridized carbons (Fsp3) is 0.310. The Bertz CT molecular complexity index is 1530. The number of nitrogens with zero attached hydrogens (tertiary/aromatic N) is 4. The largest absolute Gasteiger partial charge is 0.573 e. The number of fused-ring (bicyclic) bond motifs is 1. The summed E-state index contributed by atoms with van der Waals surface area (Å²) in [7, 11) is 0. The summed E-state index contributed by atoms with van der Waals surface area (Å²) in [5.41, 5.74) is 4.66. The van der Waals surface area contributed by atoms with Crippen LogP contribution in [-0.4, -0.2) is 47.3 Å². The highest BCUT2D eigenvalue weighted by atomic mass is 19.4. The number of imidazole rings is 1. The van der Waals surface area contributed by atoms with Gasteiger partial charge in [-0.05, 0) is 80.4 Å². The van der Waals surface area contributed by atoms with Gasteiger partial charge in [-0.2, -0.15) is 0 Å². The maximum atomic E-state index is 15.2. The average molecular weight is 556 g/mol. The molecule has 0 unspecified atom stereocenters. The van der Waals surface area contributed by atoms with Gasteiger partial charge in [-0.25, -0.2) is 9.37 Å². The first-order valence-corrected chi connectivity index (χ1v) is 12.9. The topological polar surface area (TPSA) is 62.1 Å². The Balaban J connectivity index is 1.21. The quantitative estimate of drug-likeness (QED) is 0.313. The number of ether oxygens (including phenoxy) is 1. The van der Waals surface area contributed by atoms with Crippen molar-refractivity contribution < 1.29 is 27.1 Å². The molecular formula is C29H29F4N5O2. The number of aromatic nitrogens is 2. The highest BCUT2D eigenvalue weighted by Gasteiger charge is 2.31. The minimum atomic E-state index is -4.74. The lowest BCUT2D eigenvalue weighted by Crippen LogP contribution is -2.52. The van der Waals surface area contributed by atoms with Crippen LogP contribution in [-0.2, 0) is 6.54 Å². The number of carbonyl (C=O) groups excluding carboxylic acids is 1. The van der Waals surface area contributed by atoms with Gasteiger partial charge in [0.25, 0.3) is 5.91 Å². The maximum absolute atomic E-state index is 15.2. The average Bonchev–Trinajstić information content (AvgIpc) is 3.21. The van der Waals surface area contributed by atoms with Gasteiger partial charge >= 0.3 is 6.36 Å². The van der Waals surface area contributed by atoms with E-state index in [-0.39, 0.29) is 30.1 Å². The lowest BCUT2D eigenvalue weighted by molar-refractivity contribution is -0.274. The zero-order valence-corrected chi connectivity index (χ0v) is 22.3. The first-order valence-electron chi connectivity index (χ1n) is 12.9. The number of carbonyl (C=O) groups is 1. The fourth-order valence-electron chi connectivity index (χ4n) is 5.12. The second-order valence-electron chi connectivity index (χ2n) is 9.98. The molecular weight excluding hydrogens is 526 g/mol. The molecule has 1 atom stereocenters. The zero-order valence-electron chi connectivity index (χ0n) is 22.3. The number of amides is 1. The van der Waals surface area contributed by atoms with Gasteiger partial charge in [0.2, 0.25) is 0 Å². The summed E-state index contributed by atoms with van der Waals surface area (Å²) in [6, 6.07) is 14.5. The molecule has 1 aliphatic heterocycles. The van der Waals surface area contributed by atoms with Gasteiger partial charge in [0.15, 0.2) is 0 Å². The monoisotopic (exact) mass is 555 g/mol. The molecule has 0 bridgehead atoms. The Hall–Kier alpha value is -4.28. The summed E-state index contributed by atoms with van der Waals surface area (Å²) in [6.45, 7) is 7.51. The molecule has 210 valence electrons. The number of aryl methyl sites for hydroxylation is 2. The minimum absolute atomic E-state index is 0.0148. The van der Waals surface area contributed by atoms with Crippen molar-refractivity contribution in [2.45, 2.75) is 39.7 Å². The van der Waals surface area contributed by atoms with Crippen molar-refractivity contribution in [1.82, 2.24) is 14.7 Å². The van der Waals surface area contributed by atoms with Gasteiger partial charge in [-0.3, -0.25) is 9.20 Å². The molecule has 4 aromatic rings. The van der Waals surface area contributed by atoms with Crippen molar-refractivity contribution in [3.8, 4) is 5.75 Å². The number of hydrogen-bond acceptors (Lipinski definition) is 5. The summed E-state index contributed by atoms with van der Waals surface area (Å²) in [4.78, 5) is 21.4. The van der Waals surface area contributed by atoms with Crippen LogP contribution in [0.3, 0.4) is 0 Å². The summed E-state index contributed by atoms with van der Waals surface area (Å²) < 4.78 is 58.2. The lowest BCUT2D eigenvalue weighted by atomic mass is 10.1. The molecule has 1 saturated heterocycles. The van der Waals surface area contributed by atoms with Gasteiger partial charge in [-0.1, -0.05) is 6.07 Å². The Morgan fingerprint density at radius 3 is 2.50 bits per heavy atom. The standard InChI is InChI=1S/C29H29F4N5O2/c1-18-10-11-38-26(14-18)35-20(3)27(38)28(39)34-16-21-4-9-25(24(30)15-21)36-12-13-37(19(2)17-36)22-5-7-23(8-6-22)40-29(31,32)33/h4-11,14-15,19H,12-13,16-17H2,1-3H3,(H,34,39)/t19-/m0/s1. The third-order valence-corrected chi connectivity index (χ3v) is 7.01. The van der Waals surface area contributed by atoms with E-state index in [1.807, 2.05) is 37.1 Å². The van der Waals surface area contributed by atoms with E-state index in [1.165, 1.54) is 18.2 Å². The van der Waals surface area contributed by atoms with Gasteiger partial charge in [-0.15, -0.1) is 13.2 Å². The molecule has 2 aromatic carbocycles. The first-order chi connectivity index (χ1) is 19.0. The Labute approximate surface area is 229 Å². The number of benzene rings is 2. The second-order valence-corrected chi connectivity index (χ2v) is 9.98. The molecule has 0 aliphatic carbocycles. The summed E-state index contributed by atoms with van der Waals surface area (Å²) in [6.07, 6.45) is -2.93. The van der Waals surface area contributed by atoms with Crippen molar-refractivity contribution in [3.05, 3.63) is 89.1 Å². The van der Waals surface area contributed by atoms with E-state index < -0.39 is 6.36 Å². The molecule has 0 radical (unpaired) electrons. The lowest BCUT2D eigenvalue weighted by Gasteiger charge is -2.42. The summed E-state index contributed by atoms with van der Waals surface area (Å²) >= 11 is 0. The molecule has 11 heteroatoms. The van der Waals surface area contributed by atoms with Crippen molar-refractivity contribution in [2.75, 3.05) is 29.4 Å². The fourth-order valence-corrected chi connectivity index (χ4v) is 5.12. The predicted octanol–water partition coefficient (Wildman–Crippen LogP) is 5.63. The Kier molecular flexibility index (Phi) is 7.31. The number of halogens is 4. The molecule has 40 heavy (non-hydrogen) atoms. The molecule has 2 aromatic heterocycles. The van der Waals surface area contributed by atoms with E-state index in [4.69, 9.17) is 0 Å². The normalized spacial score (nSPS) is 15.9. The SMILES string of the molecule is Cc1ccn2c(C(=O)NCc3ccc(N4CCN(c5ccc(OC(F)(F)F)cc5)[C@@H](C)C4)c(F)c3)c(C)nc2c1. The highest BCUT2D eigenvalue weighted by Crippen LogP contribution is 2.29. The van der Waals surface area contributed by atoms with Crippen molar-refractivity contribution in [3.63, 3.8) is 0 Å². The van der Waals surface area contributed by atoms with E-state index >= 15 is 4.39 Å². The maximum Gasteiger partial charge on any atom is 0.573 e. The number of pyridine rings is 1. The van der Waals surface area contributed by atoms with E-state index in [1.54, 1.807) is 35.6 Å². The molecule has 7 nitrogen and oxygen atoms in total. The summed E-state index contributed by atoms with van der Waals surface area (Å²) in [5.74, 6) is -0.951. The van der Waals surface area contributed by atoms with E-state index in [9.17, 15) is 18.0 Å². The number of nitrogens with one attached hydrogen (secondary N) is 1. The molecule has 1 N–H and O–H groups in total. The van der Waals surface area contributed by atoms with E-state index in [2.05, 4.69) is 19.9 Å². The van der Waals surface area contributed by atoms with Crippen LogP contribution < -0.4 is 19.9 Å². The van der Waals surface area contributed by atoms with Crippen LogP contribution in [0.5, 0.6) is 5.75 Å². The first kappa shape index (κ1) is 27.3. The molecule has 1 aliphatic rings. The Morgan fingerprint density at radius 1 is 1.07 bits per heavy atom. The Morgan fingerprint density at radius 2 is 1.82 bits per heavy atom. The van der Waals surface area contributed by atoms with Gasteiger partial charge < -0.3 is 19.9 Å². The van der Waals surface area contributed by atoms with Crippen molar-refractivity contribution in [1.29, 1.82) is 0 Å². The summed E-state index contributed by atoms with van der Waals surface area (Å²) in [5, 5.41) is 2.86. The number of hydrogen-bond donors (Lipinski definition) is 1. The van der Waals surface area contributed by atoms with E-state index in [0.29, 0.717) is 47.9 Å². The molecule has 1 amide bonds. The number of anilines is 2. The van der Waals surface area contributed by atoms with Crippen molar-refractivity contribution >= 4 is 22.9 Å². The van der Waals surface area contributed by atoms with Gasteiger partial charge in [0.05, 0.1) is 11.4 Å². The van der Waals surface area contributed by atoms with Crippen LogP contribution in [0.4, 0.5) is 28.9 Å². The highest BCUT2D eigenvalue weighted by molar-refractivity contribution is 5.94. The third-order valence-electron chi connectivity index (χ3n) is 7.01. The molecule has 3 heterocycles. The van der Waals surface area contributed by atoms with Gasteiger partial charge in [0, 0.05) is 44.1 Å². The van der Waals surface area contributed by atoms with Crippen molar-refractivity contribution in [2.24, 2.45) is 0 Å². The predicted molar refractivity (Wildman–Crippen MR) is 144 cm³/mol. The van der Waals surface area contributed by atoms with Crippen LogP contribution in [0, 0.1) is 19.7 Å². The van der Waals surface area contributed by atoms with Crippen LogP contribution in [0.25, 0.3) is 5.65 Å². The van der Waals surface area contributed by atoms with Gasteiger partial charge in [0.1, 0.15) is 22.9 Å². The van der Waals surface area contributed by atoms with Crippen LogP contribution in [0.1, 0.15) is 34.2 Å².